The van der Waals surface area contributed by atoms with E-state index in [9.17, 15) is 4.79 Å². The molecule has 0 spiro atoms. The number of nitrogens with one attached hydrogen (secondary N) is 1. The Morgan fingerprint density at radius 2 is 2.04 bits per heavy atom. The largest absolute Gasteiger partial charge is 0.454 e. The number of ether oxygens (including phenoxy) is 2. The van der Waals surface area contributed by atoms with Crippen LogP contribution in [0.25, 0.3) is 21.9 Å². The second-order valence-electron chi connectivity index (χ2n) is 5.65. The highest BCUT2D eigenvalue weighted by atomic mass is 16.7. The highest BCUT2D eigenvalue weighted by Crippen LogP contribution is 2.32. The van der Waals surface area contributed by atoms with Crippen LogP contribution >= 0.6 is 0 Å². The monoisotopic (exact) mass is 332 g/mol. The number of nitrogens with zero attached hydrogens (tertiary/aromatic N) is 3. The van der Waals surface area contributed by atoms with Gasteiger partial charge in [-0.05, 0) is 29.8 Å². The number of H-pyrrole nitrogens is 1. The van der Waals surface area contributed by atoms with E-state index < -0.39 is 0 Å². The van der Waals surface area contributed by atoms with Crippen molar-refractivity contribution in [2.45, 2.75) is 0 Å². The molecule has 0 fully saturated rings. The van der Waals surface area contributed by atoms with Crippen molar-refractivity contribution in [1.29, 1.82) is 0 Å². The minimum absolute atomic E-state index is 0.219. The predicted molar refractivity (Wildman–Crippen MR) is 93.4 cm³/mol. The van der Waals surface area contributed by atoms with E-state index in [2.05, 4.69) is 15.1 Å². The third-order valence-corrected chi connectivity index (χ3v) is 4.12. The fourth-order valence-electron chi connectivity index (χ4n) is 2.90. The number of benzene rings is 2. The second-order valence-corrected chi connectivity index (χ2v) is 5.65. The zero-order valence-electron chi connectivity index (χ0n) is 13.0. The van der Waals surface area contributed by atoms with E-state index in [0.29, 0.717) is 22.5 Å². The van der Waals surface area contributed by atoms with Gasteiger partial charge < -0.3 is 14.5 Å². The van der Waals surface area contributed by atoms with E-state index in [0.717, 1.165) is 16.5 Å². The number of para-hydroxylation sites is 1. The molecule has 5 rings (SSSR count). The summed E-state index contributed by atoms with van der Waals surface area (Å²) in [6, 6.07) is 13.1. The zero-order chi connectivity index (χ0) is 16.8. The number of rotatable bonds is 2. The lowest BCUT2D eigenvalue weighted by Gasteiger charge is -1.99. The van der Waals surface area contributed by atoms with Crippen LogP contribution in [-0.4, -0.2) is 27.7 Å². The summed E-state index contributed by atoms with van der Waals surface area (Å²) in [7, 11) is 0. The van der Waals surface area contributed by atoms with Gasteiger partial charge in [-0.1, -0.05) is 18.2 Å². The van der Waals surface area contributed by atoms with Crippen molar-refractivity contribution >= 4 is 28.2 Å². The van der Waals surface area contributed by atoms with Crippen molar-refractivity contribution in [1.82, 2.24) is 14.6 Å². The quantitative estimate of drug-likeness (QED) is 0.572. The molecule has 1 aliphatic heterocycles. The minimum atomic E-state index is -0.252. The van der Waals surface area contributed by atoms with Crippen LogP contribution in [0.4, 0.5) is 0 Å². The highest BCUT2D eigenvalue weighted by molar-refractivity contribution is 6.04. The van der Waals surface area contributed by atoms with Gasteiger partial charge in [-0.15, -0.1) is 0 Å². The van der Waals surface area contributed by atoms with Crippen LogP contribution in [-0.2, 0) is 0 Å². The third-order valence-electron chi connectivity index (χ3n) is 4.12. The second kappa shape index (κ2) is 5.20. The summed E-state index contributed by atoms with van der Waals surface area (Å²) in [5.74, 6) is 1.37. The average Bonchev–Trinajstić information content (AvgIpc) is 3.25. The first-order chi connectivity index (χ1) is 12.3. The van der Waals surface area contributed by atoms with E-state index in [1.807, 2.05) is 42.5 Å². The molecule has 0 saturated heterocycles. The molecule has 0 amide bonds. The van der Waals surface area contributed by atoms with Crippen LogP contribution in [0.15, 0.2) is 58.7 Å². The summed E-state index contributed by atoms with van der Waals surface area (Å²) in [5, 5.41) is 5.14. The Hall–Kier alpha value is -3.61. The number of hydrogen-bond acceptors (Lipinski definition) is 5. The summed E-state index contributed by atoms with van der Waals surface area (Å²) in [6.45, 7) is 0.219. The first kappa shape index (κ1) is 13.8. The molecule has 2 aromatic heterocycles. The lowest BCUT2D eigenvalue weighted by molar-refractivity contribution is 0.174. The van der Waals surface area contributed by atoms with Crippen molar-refractivity contribution in [3.8, 4) is 11.5 Å². The molecule has 1 N–H and O–H groups in total. The summed E-state index contributed by atoms with van der Waals surface area (Å²) >= 11 is 0. The van der Waals surface area contributed by atoms with Gasteiger partial charge in [0, 0.05) is 10.9 Å². The molecule has 2 aromatic carbocycles. The van der Waals surface area contributed by atoms with Crippen LogP contribution in [0, 0.1) is 0 Å². The van der Waals surface area contributed by atoms with Gasteiger partial charge >= 0.3 is 0 Å². The van der Waals surface area contributed by atoms with Crippen LogP contribution in [0.5, 0.6) is 11.5 Å². The number of aromatic amines is 1. The zero-order valence-corrected chi connectivity index (χ0v) is 13.0. The molecule has 0 bridgehead atoms. The smallest absolute Gasteiger partial charge is 0.298 e. The van der Waals surface area contributed by atoms with E-state index in [1.54, 1.807) is 6.21 Å². The van der Waals surface area contributed by atoms with Gasteiger partial charge in [-0.2, -0.15) is 9.78 Å². The van der Waals surface area contributed by atoms with Crippen LogP contribution in [0.1, 0.15) is 5.56 Å². The maximum atomic E-state index is 12.6. The standard InChI is InChI=1S/C18H12N4O3/c23-18-17-16(12-3-1-2-4-13(12)21-17)19-9-22(18)20-8-11-5-6-14-15(7-11)25-10-24-14/h1-9,21H,10H2. The Morgan fingerprint density at radius 1 is 1.16 bits per heavy atom. The number of hydrogen-bond donors (Lipinski definition) is 1. The van der Waals surface area contributed by atoms with Gasteiger partial charge in [0.05, 0.1) is 6.21 Å². The average molecular weight is 332 g/mol. The molecular formula is C18H12N4O3. The SMILES string of the molecule is O=c1c2[nH]c3ccccc3c2ncn1N=Cc1ccc2c(c1)OCO2. The topological polar surface area (TPSA) is 81.5 Å². The van der Waals surface area contributed by atoms with Gasteiger partial charge in [0.25, 0.3) is 5.56 Å². The van der Waals surface area contributed by atoms with E-state index in [4.69, 9.17) is 9.47 Å². The maximum Gasteiger partial charge on any atom is 0.298 e. The fraction of sp³-hybridized carbons (Fsp3) is 0.0556. The van der Waals surface area contributed by atoms with Crippen LogP contribution < -0.4 is 15.0 Å². The summed E-state index contributed by atoms with van der Waals surface area (Å²) in [4.78, 5) is 20.1. The number of fused-ring (bicyclic) bond motifs is 4. The van der Waals surface area contributed by atoms with E-state index >= 15 is 0 Å². The van der Waals surface area contributed by atoms with Gasteiger partial charge in [0.2, 0.25) is 6.79 Å². The molecule has 0 saturated carbocycles. The molecule has 0 aliphatic carbocycles. The molecule has 4 aromatic rings. The van der Waals surface area contributed by atoms with Gasteiger partial charge in [0.1, 0.15) is 17.4 Å². The van der Waals surface area contributed by atoms with Gasteiger partial charge in [0.15, 0.2) is 11.5 Å². The molecule has 3 heterocycles. The maximum absolute atomic E-state index is 12.6. The summed E-state index contributed by atoms with van der Waals surface area (Å²) in [5.41, 5.74) is 2.51. The molecule has 0 atom stereocenters. The fourth-order valence-corrected chi connectivity index (χ4v) is 2.90. The molecule has 0 unspecified atom stereocenters. The normalized spacial score (nSPS) is 13.3. The Labute approximate surface area is 141 Å². The van der Waals surface area contributed by atoms with Crippen LogP contribution in [0.3, 0.4) is 0 Å². The first-order valence-corrected chi connectivity index (χ1v) is 7.72. The van der Waals surface area contributed by atoms with E-state index in [1.165, 1.54) is 11.0 Å². The number of aromatic nitrogens is 3. The summed E-state index contributed by atoms with van der Waals surface area (Å²) in [6.07, 6.45) is 3.01. The van der Waals surface area contributed by atoms with Crippen molar-refractivity contribution in [2.24, 2.45) is 5.10 Å². The lowest BCUT2D eigenvalue weighted by atomic mass is 10.2. The van der Waals surface area contributed by atoms with Crippen LogP contribution in [0.2, 0.25) is 0 Å². The highest BCUT2D eigenvalue weighted by Gasteiger charge is 2.13. The lowest BCUT2D eigenvalue weighted by Crippen LogP contribution is -2.17. The molecule has 0 radical (unpaired) electrons. The molecule has 7 nitrogen and oxygen atoms in total. The molecular weight excluding hydrogens is 320 g/mol. The third kappa shape index (κ3) is 2.17. The van der Waals surface area contributed by atoms with Crippen molar-refractivity contribution < 1.29 is 9.47 Å². The Bertz CT molecular complexity index is 1210. The Morgan fingerprint density at radius 3 is 3.00 bits per heavy atom. The predicted octanol–water partition coefficient (Wildman–Crippen LogP) is 2.49. The Balaban J connectivity index is 1.58. The Kier molecular flexibility index (Phi) is 2.87. The van der Waals surface area contributed by atoms with E-state index in [-0.39, 0.29) is 12.4 Å². The van der Waals surface area contributed by atoms with Gasteiger partial charge in [-0.25, -0.2) is 4.98 Å². The van der Waals surface area contributed by atoms with Crippen molar-refractivity contribution in [3.63, 3.8) is 0 Å². The first-order valence-electron chi connectivity index (χ1n) is 7.72. The van der Waals surface area contributed by atoms with Crippen molar-refractivity contribution in [3.05, 3.63) is 64.7 Å². The summed E-state index contributed by atoms with van der Waals surface area (Å²) < 4.78 is 11.8. The van der Waals surface area contributed by atoms with Gasteiger partial charge in [-0.3, -0.25) is 4.79 Å². The molecule has 25 heavy (non-hydrogen) atoms. The molecule has 1 aliphatic rings. The molecule has 7 heteroatoms. The van der Waals surface area contributed by atoms with Crippen molar-refractivity contribution in [2.75, 3.05) is 6.79 Å². The molecule has 122 valence electrons. The minimum Gasteiger partial charge on any atom is -0.454 e.